The second-order valence-electron chi connectivity index (χ2n) is 7.88. The number of hydrogen-bond acceptors (Lipinski definition) is 5. The van der Waals surface area contributed by atoms with Crippen LogP contribution in [0.4, 0.5) is 5.69 Å². The molecule has 1 heterocycles. The van der Waals surface area contributed by atoms with Gasteiger partial charge in [-0.05, 0) is 67.4 Å². The highest BCUT2D eigenvalue weighted by molar-refractivity contribution is 6.51. The second-order valence-corrected chi connectivity index (χ2v) is 7.88. The lowest BCUT2D eigenvalue weighted by atomic mass is 9.95. The summed E-state index contributed by atoms with van der Waals surface area (Å²) in [5.74, 6) is -0.297. The Labute approximate surface area is 199 Å². The Balaban J connectivity index is 1.79. The van der Waals surface area contributed by atoms with Crippen LogP contribution in [0.25, 0.3) is 5.76 Å². The number of aliphatic hydroxyl groups is 1. The van der Waals surface area contributed by atoms with Gasteiger partial charge in [0.15, 0.2) is 0 Å². The maximum atomic E-state index is 13.2. The molecule has 0 aromatic heterocycles. The highest BCUT2D eigenvalue weighted by Crippen LogP contribution is 2.42. The van der Waals surface area contributed by atoms with Crippen molar-refractivity contribution in [3.8, 4) is 11.5 Å². The molecule has 3 aromatic rings. The number of ketones is 1. The van der Waals surface area contributed by atoms with Crippen LogP contribution in [-0.2, 0) is 9.59 Å². The molecular weight excluding hydrogens is 430 g/mol. The molecule has 0 aliphatic carbocycles. The summed E-state index contributed by atoms with van der Waals surface area (Å²) in [7, 11) is 0. The number of rotatable bonds is 8. The molecule has 0 saturated carbocycles. The molecule has 0 radical (unpaired) electrons. The molecule has 1 saturated heterocycles. The van der Waals surface area contributed by atoms with E-state index in [2.05, 4.69) is 0 Å². The Hall–Kier alpha value is -4.06. The molecule has 1 atom stereocenters. The molecule has 1 N–H and O–H groups in total. The van der Waals surface area contributed by atoms with E-state index in [1.54, 1.807) is 48.5 Å². The van der Waals surface area contributed by atoms with Gasteiger partial charge >= 0.3 is 0 Å². The zero-order chi connectivity index (χ0) is 24.1. The fraction of sp³-hybridized carbons (Fsp3) is 0.214. The van der Waals surface area contributed by atoms with E-state index in [1.165, 1.54) is 4.90 Å². The molecule has 174 valence electrons. The maximum absolute atomic E-state index is 13.2. The largest absolute Gasteiger partial charge is 0.507 e. The first-order chi connectivity index (χ1) is 16.5. The summed E-state index contributed by atoms with van der Waals surface area (Å²) < 4.78 is 11.1. The van der Waals surface area contributed by atoms with Crippen LogP contribution in [0.15, 0.2) is 84.4 Å². The van der Waals surface area contributed by atoms with E-state index in [4.69, 9.17) is 9.47 Å². The van der Waals surface area contributed by atoms with Gasteiger partial charge in [0.1, 0.15) is 17.3 Å². The van der Waals surface area contributed by atoms with Crippen LogP contribution in [0, 0.1) is 0 Å². The number of carbonyl (C=O) groups is 2. The van der Waals surface area contributed by atoms with Crippen LogP contribution in [0.2, 0.25) is 0 Å². The molecule has 1 fully saturated rings. The third kappa shape index (κ3) is 4.53. The molecule has 4 rings (SSSR count). The minimum absolute atomic E-state index is 0.0484. The van der Waals surface area contributed by atoms with Crippen LogP contribution >= 0.6 is 0 Å². The maximum Gasteiger partial charge on any atom is 0.300 e. The topological polar surface area (TPSA) is 76.1 Å². The summed E-state index contributed by atoms with van der Waals surface area (Å²) in [6, 6.07) is 22.3. The minimum Gasteiger partial charge on any atom is -0.507 e. The molecule has 34 heavy (non-hydrogen) atoms. The van der Waals surface area contributed by atoms with Crippen molar-refractivity contribution in [3.05, 3.63) is 95.6 Å². The van der Waals surface area contributed by atoms with Crippen molar-refractivity contribution in [2.24, 2.45) is 0 Å². The Kier molecular flexibility index (Phi) is 6.97. The van der Waals surface area contributed by atoms with Crippen molar-refractivity contribution in [1.82, 2.24) is 0 Å². The summed E-state index contributed by atoms with van der Waals surface area (Å²) in [5.41, 5.74) is 1.75. The smallest absolute Gasteiger partial charge is 0.300 e. The van der Waals surface area contributed by atoms with Gasteiger partial charge in [-0.15, -0.1) is 0 Å². The van der Waals surface area contributed by atoms with Crippen molar-refractivity contribution >= 4 is 23.1 Å². The molecule has 1 aliphatic rings. The van der Waals surface area contributed by atoms with Gasteiger partial charge < -0.3 is 14.6 Å². The van der Waals surface area contributed by atoms with Gasteiger partial charge in [0.2, 0.25) is 0 Å². The number of aliphatic hydroxyl groups excluding tert-OH is 1. The minimum atomic E-state index is -0.768. The number of carbonyl (C=O) groups excluding carboxylic acids is 2. The molecule has 1 unspecified atom stereocenters. The zero-order valence-electron chi connectivity index (χ0n) is 19.2. The molecule has 1 amide bonds. The Morgan fingerprint density at radius 1 is 0.853 bits per heavy atom. The number of amides is 1. The van der Waals surface area contributed by atoms with Crippen molar-refractivity contribution in [1.29, 1.82) is 0 Å². The Morgan fingerprint density at radius 2 is 1.47 bits per heavy atom. The van der Waals surface area contributed by atoms with E-state index in [1.807, 2.05) is 44.2 Å². The second kappa shape index (κ2) is 10.3. The number of benzene rings is 3. The average Bonchev–Trinajstić information content (AvgIpc) is 3.14. The number of ether oxygens (including phenoxy) is 2. The highest BCUT2D eigenvalue weighted by atomic mass is 16.5. The molecule has 0 bridgehead atoms. The highest BCUT2D eigenvalue weighted by Gasteiger charge is 2.46. The van der Waals surface area contributed by atoms with Gasteiger partial charge in [-0.25, -0.2) is 0 Å². The fourth-order valence-electron chi connectivity index (χ4n) is 4.00. The normalized spacial score (nSPS) is 17.1. The lowest BCUT2D eigenvalue weighted by molar-refractivity contribution is -0.132. The summed E-state index contributed by atoms with van der Waals surface area (Å²) in [4.78, 5) is 27.8. The average molecular weight is 458 g/mol. The van der Waals surface area contributed by atoms with Gasteiger partial charge in [-0.3, -0.25) is 14.5 Å². The van der Waals surface area contributed by atoms with Crippen LogP contribution in [0.5, 0.6) is 11.5 Å². The molecule has 1 aliphatic heterocycles. The van der Waals surface area contributed by atoms with Crippen molar-refractivity contribution in [2.75, 3.05) is 18.1 Å². The summed E-state index contributed by atoms with van der Waals surface area (Å²) >= 11 is 0. The predicted octanol–water partition coefficient (Wildman–Crippen LogP) is 5.50. The first-order valence-electron chi connectivity index (χ1n) is 11.4. The van der Waals surface area contributed by atoms with Crippen LogP contribution in [0.3, 0.4) is 0 Å². The number of nitrogens with zero attached hydrogens (tertiary/aromatic N) is 1. The molecule has 0 spiro atoms. The molecule has 6 heteroatoms. The fourth-order valence-corrected chi connectivity index (χ4v) is 4.00. The Bertz CT molecular complexity index is 1180. The van der Waals surface area contributed by atoms with E-state index >= 15 is 0 Å². The van der Waals surface area contributed by atoms with Crippen LogP contribution < -0.4 is 14.4 Å². The van der Waals surface area contributed by atoms with Gasteiger partial charge in [0.25, 0.3) is 11.7 Å². The predicted molar refractivity (Wildman–Crippen MR) is 131 cm³/mol. The number of Topliss-reactive ketones (excluding diaryl/α,β-unsaturated/α-hetero) is 1. The van der Waals surface area contributed by atoms with Gasteiger partial charge in [0.05, 0.1) is 24.8 Å². The number of hydrogen-bond donors (Lipinski definition) is 1. The van der Waals surface area contributed by atoms with Crippen LogP contribution in [-0.4, -0.2) is 30.0 Å². The van der Waals surface area contributed by atoms with E-state index < -0.39 is 17.7 Å². The first-order valence-corrected chi connectivity index (χ1v) is 11.4. The van der Waals surface area contributed by atoms with Gasteiger partial charge in [0, 0.05) is 11.3 Å². The summed E-state index contributed by atoms with van der Waals surface area (Å²) in [6.07, 6.45) is 0.883. The Morgan fingerprint density at radius 3 is 2.09 bits per heavy atom. The SMILES string of the molecule is CCCOc1ccc(/C(O)=C2\C(=O)C(=O)N(c3ccc(OCC)cc3)C2c2ccccc2)cc1. The first kappa shape index (κ1) is 23.1. The van der Waals surface area contributed by atoms with Crippen LogP contribution in [0.1, 0.15) is 37.4 Å². The number of anilines is 1. The summed E-state index contributed by atoms with van der Waals surface area (Å²) in [5, 5.41) is 11.2. The van der Waals surface area contributed by atoms with E-state index in [-0.39, 0.29) is 11.3 Å². The lowest BCUT2D eigenvalue weighted by Gasteiger charge is -2.25. The molecule has 6 nitrogen and oxygen atoms in total. The van der Waals surface area contributed by atoms with Gasteiger partial charge in [-0.1, -0.05) is 37.3 Å². The van der Waals surface area contributed by atoms with Crippen molar-refractivity contribution < 1.29 is 24.2 Å². The van der Waals surface area contributed by atoms with Crippen molar-refractivity contribution in [2.45, 2.75) is 26.3 Å². The van der Waals surface area contributed by atoms with Crippen molar-refractivity contribution in [3.63, 3.8) is 0 Å². The standard InChI is InChI=1S/C28H27NO5/c1-3-18-34-23-14-10-20(11-15-23)26(30)24-25(19-8-6-5-7-9-19)29(28(32)27(24)31)21-12-16-22(17-13-21)33-4-2/h5-17,25,30H,3-4,18H2,1-2H3/b26-24+. The molecular formula is C28H27NO5. The van der Waals surface area contributed by atoms with E-state index in [0.29, 0.717) is 36.0 Å². The zero-order valence-corrected chi connectivity index (χ0v) is 19.2. The quantitative estimate of drug-likeness (QED) is 0.275. The summed E-state index contributed by atoms with van der Waals surface area (Å²) in [6.45, 7) is 5.03. The third-order valence-electron chi connectivity index (χ3n) is 5.59. The van der Waals surface area contributed by atoms with E-state index in [0.717, 1.165) is 12.0 Å². The lowest BCUT2D eigenvalue weighted by Crippen LogP contribution is -2.29. The van der Waals surface area contributed by atoms with E-state index in [9.17, 15) is 14.7 Å². The third-order valence-corrected chi connectivity index (χ3v) is 5.59. The monoisotopic (exact) mass is 457 g/mol. The van der Waals surface area contributed by atoms with Gasteiger partial charge in [-0.2, -0.15) is 0 Å². The molecule has 3 aromatic carbocycles.